The van der Waals surface area contributed by atoms with E-state index in [0.717, 1.165) is 12.0 Å². The van der Waals surface area contributed by atoms with Crippen LogP contribution >= 0.6 is 0 Å². The summed E-state index contributed by atoms with van der Waals surface area (Å²) in [7, 11) is 0. The fourth-order valence-electron chi connectivity index (χ4n) is 3.10. The van der Waals surface area contributed by atoms with Gasteiger partial charge in [-0.1, -0.05) is 25.8 Å². The first-order chi connectivity index (χ1) is 12.0. The molecule has 0 radical (unpaired) electrons. The quantitative estimate of drug-likeness (QED) is 0.687. The number of ether oxygens (including phenoxy) is 1. The molecule has 1 fully saturated rings. The van der Waals surface area contributed by atoms with E-state index in [1.165, 1.54) is 26.2 Å². The second-order valence-corrected chi connectivity index (χ2v) is 6.76. The second kappa shape index (κ2) is 9.42. The zero-order valence-corrected chi connectivity index (χ0v) is 15.4. The third-order valence-electron chi connectivity index (χ3n) is 4.56. The van der Waals surface area contributed by atoms with Gasteiger partial charge in [0.05, 0.1) is 12.7 Å². The first kappa shape index (κ1) is 19.2. The Morgan fingerprint density at radius 2 is 1.96 bits per heavy atom. The van der Waals surface area contributed by atoms with Crippen LogP contribution in [0.15, 0.2) is 18.2 Å². The van der Waals surface area contributed by atoms with Crippen LogP contribution in [0.3, 0.4) is 0 Å². The maximum absolute atomic E-state index is 12.0. The van der Waals surface area contributed by atoms with Gasteiger partial charge in [-0.05, 0) is 43.4 Å². The summed E-state index contributed by atoms with van der Waals surface area (Å²) in [6.45, 7) is 6.58. The first-order valence-corrected chi connectivity index (χ1v) is 9.00. The number of urea groups is 1. The monoisotopic (exact) mass is 347 g/mol. The number of aryl methyl sites for hydroxylation is 1. The Balaban J connectivity index is 1.73. The van der Waals surface area contributed by atoms with Gasteiger partial charge in [0, 0.05) is 24.8 Å². The van der Waals surface area contributed by atoms with Gasteiger partial charge in [0.1, 0.15) is 0 Å². The van der Waals surface area contributed by atoms with E-state index >= 15 is 0 Å². The average Bonchev–Trinajstić information content (AvgIpc) is 2.56. The molecule has 0 bridgehead atoms. The predicted octanol–water partition coefficient (Wildman–Crippen LogP) is 3.67. The number of carbonyl (C=O) groups excluding carboxylic acids is 2. The van der Waals surface area contributed by atoms with Gasteiger partial charge in [0.2, 0.25) is 5.91 Å². The molecule has 1 aliphatic carbocycles. The van der Waals surface area contributed by atoms with Gasteiger partial charge < -0.3 is 20.7 Å². The third-order valence-corrected chi connectivity index (χ3v) is 4.56. The molecule has 2 rings (SSSR count). The van der Waals surface area contributed by atoms with Crippen LogP contribution in [0.25, 0.3) is 0 Å². The molecule has 3 N–H and O–H groups in total. The molecule has 1 aromatic rings. The predicted molar refractivity (Wildman–Crippen MR) is 99.9 cm³/mol. The van der Waals surface area contributed by atoms with Gasteiger partial charge >= 0.3 is 6.03 Å². The van der Waals surface area contributed by atoms with E-state index in [-0.39, 0.29) is 11.9 Å². The Bertz CT molecular complexity index is 604. The lowest BCUT2D eigenvalue weighted by Crippen LogP contribution is -2.34. The van der Waals surface area contributed by atoms with Crippen LogP contribution in [0.5, 0.6) is 0 Å². The molecule has 6 nitrogen and oxygen atoms in total. The number of benzene rings is 1. The van der Waals surface area contributed by atoms with Crippen molar-refractivity contribution in [3.8, 4) is 0 Å². The summed E-state index contributed by atoms with van der Waals surface area (Å²) in [6.07, 6.45) is 5.17. The number of nitrogens with one attached hydrogen (secondary N) is 3. The summed E-state index contributed by atoms with van der Waals surface area (Å²) in [4.78, 5) is 23.2. The molecule has 1 saturated carbocycles. The fraction of sp³-hybridized carbons (Fsp3) is 0.579. The van der Waals surface area contributed by atoms with Crippen molar-refractivity contribution >= 4 is 23.3 Å². The van der Waals surface area contributed by atoms with Crippen LogP contribution in [0.4, 0.5) is 16.2 Å². The van der Waals surface area contributed by atoms with Crippen LogP contribution < -0.4 is 16.0 Å². The molecule has 138 valence electrons. The van der Waals surface area contributed by atoms with Crippen molar-refractivity contribution in [3.63, 3.8) is 0 Å². The lowest BCUT2D eigenvalue weighted by molar-refractivity contribution is -0.114. The van der Waals surface area contributed by atoms with Gasteiger partial charge in [-0.3, -0.25) is 4.79 Å². The average molecular weight is 347 g/mol. The lowest BCUT2D eigenvalue weighted by Gasteiger charge is -2.28. The number of hydrogen-bond acceptors (Lipinski definition) is 3. The molecule has 0 aromatic heterocycles. The van der Waals surface area contributed by atoms with E-state index < -0.39 is 0 Å². The fourth-order valence-corrected chi connectivity index (χ4v) is 3.10. The Labute approximate surface area is 149 Å². The maximum atomic E-state index is 12.0. The number of amides is 3. The summed E-state index contributed by atoms with van der Waals surface area (Å²) in [6, 6.07) is 5.13. The molecule has 0 saturated heterocycles. The summed E-state index contributed by atoms with van der Waals surface area (Å²) >= 11 is 0. The number of carbonyl (C=O) groups is 2. The molecular weight excluding hydrogens is 318 g/mol. The topological polar surface area (TPSA) is 79.5 Å². The Morgan fingerprint density at radius 3 is 2.68 bits per heavy atom. The third kappa shape index (κ3) is 6.38. The Morgan fingerprint density at radius 1 is 1.20 bits per heavy atom. The number of rotatable bonds is 6. The van der Waals surface area contributed by atoms with Crippen molar-refractivity contribution in [2.45, 2.75) is 52.6 Å². The van der Waals surface area contributed by atoms with E-state index in [9.17, 15) is 9.59 Å². The first-order valence-electron chi connectivity index (χ1n) is 9.00. The van der Waals surface area contributed by atoms with Crippen molar-refractivity contribution in [1.29, 1.82) is 0 Å². The second-order valence-electron chi connectivity index (χ2n) is 6.76. The van der Waals surface area contributed by atoms with Crippen LogP contribution in [-0.4, -0.2) is 31.2 Å². The van der Waals surface area contributed by atoms with Crippen LogP contribution in [0.2, 0.25) is 0 Å². The zero-order valence-electron chi connectivity index (χ0n) is 15.4. The van der Waals surface area contributed by atoms with Crippen molar-refractivity contribution in [3.05, 3.63) is 23.8 Å². The molecular formula is C19H29N3O3. The lowest BCUT2D eigenvalue weighted by atomic mass is 9.88. The van der Waals surface area contributed by atoms with Gasteiger partial charge in [0.25, 0.3) is 0 Å². The Kier molecular flexibility index (Phi) is 7.25. The molecule has 3 amide bonds. The normalized spacial score (nSPS) is 20.0. The van der Waals surface area contributed by atoms with Crippen LogP contribution in [0, 0.1) is 12.8 Å². The summed E-state index contributed by atoms with van der Waals surface area (Å²) in [5.41, 5.74) is 2.27. The van der Waals surface area contributed by atoms with Crippen molar-refractivity contribution in [2.24, 2.45) is 5.92 Å². The van der Waals surface area contributed by atoms with Gasteiger partial charge in [-0.25, -0.2) is 4.79 Å². The number of anilines is 2. The molecule has 0 spiro atoms. The molecule has 6 heteroatoms. The summed E-state index contributed by atoms with van der Waals surface area (Å²) in [5, 5.41) is 8.32. The molecule has 1 aliphatic rings. The van der Waals surface area contributed by atoms with Crippen LogP contribution in [0.1, 0.15) is 45.1 Å². The molecule has 1 aromatic carbocycles. The Hall–Kier alpha value is -2.08. The van der Waals surface area contributed by atoms with E-state index in [1.54, 1.807) is 12.1 Å². The van der Waals surface area contributed by atoms with Crippen molar-refractivity contribution in [1.82, 2.24) is 5.32 Å². The number of hydrogen-bond donors (Lipinski definition) is 3. The summed E-state index contributed by atoms with van der Waals surface area (Å²) in [5.74, 6) is 0.459. The zero-order chi connectivity index (χ0) is 18.2. The summed E-state index contributed by atoms with van der Waals surface area (Å²) < 4.78 is 5.88. The van der Waals surface area contributed by atoms with Crippen LogP contribution in [-0.2, 0) is 9.53 Å². The minimum Gasteiger partial charge on any atom is -0.376 e. The van der Waals surface area contributed by atoms with Crippen molar-refractivity contribution < 1.29 is 14.3 Å². The highest BCUT2D eigenvalue weighted by atomic mass is 16.5. The maximum Gasteiger partial charge on any atom is 0.319 e. The molecule has 25 heavy (non-hydrogen) atoms. The minimum atomic E-state index is -0.280. The van der Waals surface area contributed by atoms with Gasteiger partial charge in [-0.2, -0.15) is 0 Å². The molecule has 0 heterocycles. The smallest absolute Gasteiger partial charge is 0.319 e. The van der Waals surface area contributed by atoms with E-state index in [2.05, 4.69) is 22.9 Å². The van der Waals surface area contributed by atoms with Gasteiger partial charge in [0.15, 0.2) is 0 Å². The molecule has 2 atom stereocenters. The van der Waals surface area contributed by atoms with E-state index in [0.29, 0.717) is 36.5 Å². The van der Waals surface area contributed by atoms with E-state index in [4.69, 9.17) is 4.74 Å². The highest BCUT2D eigenvalue weighted by Gasteiger charge is 2.21. The highest BCUT2D eigenvalue weighted by Crippen LogP contribution is 2.26. The molecule has 0 aliphatic heterocycles. The van der Waals surface area contributed by atoms with E-state index in [1.807, 2.05) is 13.0 Å². The standard InChI is InChI=1S/C19H29N3O3/c1-13-8-9-16(12-17(13)21-15(3)23)22-19(24)20-10-11-25-18-7-5-4-6-14(18)2/h8-9,12,14,18H,4-7,10-11H2,1-3H3,(H,21,23)(H2,20,22,24)/t14-,18+/m0/s1. The minimum absolute atomic E-state index is 0.140. The largest absolute Gasteiger partial charge is 0.376 e. The van der Waals surface area contributed by atoms with Gasteiger partial charge in [-0.15, -0.1) is 0 Å². The SMILES string of the molecule is CC(=O)Nc1cc(NC(=O)NCCO[C@@H]2CCCC[C@@H]2C)ccc1C. The van der Waals surface area contributed by atoms with Crippen molar-refractivity contribution in [2.75, 3.05) is 23.8 Å². The highest BCUT2D eigenvalue weighted by molar-refractivity contribution is 5.93. The molecule has 0 unspecified atom stereocenters.